The van der Waals surface area contributed by atoms with Gasteiger partial charge in [0.15, 0.2) is 0 Å². The minimum Gasteiger partial charge on any atom is -0.357 e. The quantitative estimate of drug-likeness (QED) is 0.381. The minimum absolute atomic E-state index is 0.0639. The summed E-state index contributed by atoms with van der Waals surface area (Å²) in [7, 11) is -2.61. The summed E-state index contributed by atoms with van der Waals surface area (Å²) < 4.78 is 29.0. The van der Waals surface area contributed by atoms with E-state index >= 15 is 0 Å². The highest BCUT2D eigenvalue weighted by Crippen LogP contribution is 2.30. The van der Waals surface area contributed by atoms with Crippen LogP contribution in [0.1, 0.15) is 35.6 Å². The fraction of sp³-hybridized carbons (Fsp3) is 0.310. The number of sulfonamides is 1. The lowest BCUT2D eigenvalue weighted by molar-refractivity contribution is -0.140. The first kappa shape index (κ1) is 29.2. The van der Waals surface area contributed by atoms with E-state index in [1.54, 1.807) is 37.3 Å². The molecule has 3 aromatic rings. The second-order valence-corrected chi connectivity index (χ2v) is 11.5. The molecule has 0 fully saturated rings. The number of rotatable bonds is 10. The molecule has 3 rings (SSSR count). The van der Waals surface area contributed by atoms with Gasteiger partial charge in [-0.05, 0) is 74.2 Å². The molecule has 0 saturated heterocycles. The van der Waals surface area contributed by atoms with Crippen LogP contribution in [0, 0.1) is 20.8 Å². The van der Waals surface area contributed by atoms with Crippen molar-refractivity contribution < 1.29 is 18.0 Å². The van der Waals surface area contributed by atoms with E-state index in [0.29, 0.717) is 22.7 Å². The molecule has 0 saturated carbocycles. The first-order valence-electron chi connectivity index (χ1n) is 12.4. The van der Waals surface area contributed by atoms with Gasteiger partial charge in [-0.3, -0.25) is 13.9 Å². The van der Waals surface area contributed by atoms with Gasteiger partial charge < -0.3 is 10.2 Å². The standard InChI is InChI=1S/C29H34ClN3O4S/c1-6-26(29(35)31-5)32(18-23-10-8-7-9-21(23)3)28(34)19-33(27-16-13-24(30)17-22(27)4)38(36,37)25-14-11-20(2)12-15-25/h7-17,26H,6,18-19H2,1-5H3,(H,31,35)/t26-/m1/s1. The monoisotopic (exact) mass is 555 g/mol. The summed E-state index contributed by atoms with van der Waals surface area (Å²) >= 11 is 6.16. The molecule has 7 nitrogen and oxygen atoms in total. The molecule has 0 spiro atoms. The second kappa shape index (κ2) is 12.5. The van der Waals surface area contributed by atoms with Crippen molar-refractivity contribution in [3.8, 4) is 0 Å². The maximum Gasteiger partial charge on any atom is 0.264 e. The fourth-order valence-corrected chi connectivity index (χ4v) is 6.01. The summed E-state index contributed by atoms with van der Waals surface area (Å²) in [5.74, 6) is -0.807. The molecule has 0 aliphatic carbocycles. The molecule has 0 radical (unpaired) electrons. The summed E-state index contributed by atoms with van der Waals surface area (Å²) in [6, 6.07) is 18.2. The van der Waals surface area contributed by atoms with Crippen LogP contribution in [-0.4, -0.2) is 44.8 Å². The number of amides is 2. The van der Waals surface area contributed by atoms with Gasteiger partial charge in [0.1, 0.15) is 12.6 Å². The summed E-state index contributed by atoms with van der Waals surface area (Å²) in [5, 5.41) is 3.09. The molecule has 0 aliphatic heterocycles. The van der Waals surface area contributed by atoms with Gasteiger partial charge in [-0.1, -0.05) is 60.5 Å². The van der Waals surface area contributed by atoms with E-state index in [1.165, 1.54) is 24.1 Å². The van der Waals surface area contributed by atoms with Gasteiger partial charge in [-0.2, -0.15) is 0 Å². The van der Waals surface area contributed by atoms with Gasteiger partial charge in [0, 0.05) is 18.6 Å². The van der Waals surface area contributed by atoms with Crippen LogP contribution in [0.2, 0.25) is 5.02 Å². The Labute approximate surface area is 230 Å². The summed E-state index contributed by atoms with van der Waals surface area (Å²) in [6.07, 6.45) is 0.363. The van der Waals surface area contributed by atoms with Gasteiger partial charge in [0.25, 0.3) is 10.0 Å². The van der Waals surface area contributed by atoms with E-state index in [1.807, 2.05) is 45.0 Å². The second-order valence-electron chi connectivity index (χ2n) is 9.24. The van der Waals surface area contributed by atoms with E-state index < -0.39 is 28.5 Å². The smallest absolute Gasteiger partial charge is 0.264 e. The summed E-state index contributed by atoms with van der Waals surface area (Å²) in [5.41, 5.74) is 3.69. The van der Waals surface area contributed by atoms with E-state index in [0.717, 1.165) is 21.0 Å². The van der Waals surface area contributed by atoms with Crippen molar-refractivity contribution >= 4 is 39.1 Å². The number of hydrogen-bond donors (Lipinski definition) is 1. The van der Waals surface area contributed by atoms with Crippen molar-refractivity contribution in [2.45, 2.75) is 51.6 Å². The lowest BCUT2D eigenvalue weighted by Crippen LogP contribution is -2.52. The molecule has 2 amide bonds. The topological polar surface area (TPSA) is 86.8 Å². The molecule has 202 valence electrons. The Morgan fingerprint density at radius 3 is 2.18 bits per heavy atom. The molecule has 1 N–H and O–H groups in total. The average molecular weight is 556 g/mol. The predicted molar refractivity (Wildman–Crippen MR) is 152 cm³/mol. The Hall–Kier alpha value is -3.36. The fourth-order valence-electron chi connectivity index (χ4n) is 4.31. The average Bonchev–Trinajstić information content (AvgIpc) is 2.88. The van der Waals surface area contributed by atoms with Crippen LogP contribution in [-0.2, 0) is 26.2 Å². The van der Waals surface area contributed by atoms with Crippen molar-refractivity contribution in [2.75, 3.05) is 17.9 Å². The number of carbonyl (C=O) groups is 2. The van der Waals surface area contributed by atoms with E-state index in [4.69, 9.17) is 11.6 Å². The molecular weight excluding hydrogens is 522 g/mol. The van der Waals surface area contributed by atoms with Gasteiger partial charge >= 0.3 is 0 Å². The van der Waals surface area contributed by atoms with Crippen molar-refractivity contribution in [2.24, 2.45) is 0 Å². The number of hydrogen-bond acceptors (Lipinski definition) is 4. The minimum atomic E-state index is -4.13. The molecule has 38 heavy (non-hydrogen) atoms. The first-order valence-corrected chi connectivity index (χ1v) is 14.2. The lowest BCUT2D eigenvalue weighted by Gasteiger charge is -2.33. The number of anilines is 1. The molecule has 9 heteroatoms. The van der Waals surface area contributed by atoms with Gasteiger partial charge in [-0.25, -0.2) is 8.42 Å². The molecule has 0 heterocycles. The van der Waals surface area contributed by atoms with Crippen LogP contribution >= 0.6 is 11.6 Å². The molecule has 3 aromatic carbocycles. The van der Waals surface area contributed by atoms with E-state index in [2.05, 4.69) is 5.32 Å². The lowest BCUT2D eigenvalue weighted by atomic mass is 10.1. The zero-order chi connectivity index (χ0) is 28.0. The number of nitrogens with zero attached hydrogens (tertiary/aromatic N) is 2. The van der Waals surface area contributed by atoms with Crippen LogP contribution in [0.3, 0.4) is 0 Å². The Morgan fingerprint density at radius 2 is 1.61 bits per heavy atom. The number of benzene rings is 3. The Balaban J connectivity index is 2.11. The molecule has 0 unspecified atom stereocenters. The zero-order valence-corrected chi connectivity index (χ0v) is 23.9. The normalized spacial score (nSPS) is 12.1. The third-order valence-corrected chi connectivity index (χ3v) is 8.56. The summed E-state index contributed by atoms with van der Waals surface area (Å²) in [6.45, 7) is 7.04. The van der Waals surface area contributed by atoms with Crippen molar-refractivity contribution in [3.05, 3.63) is 94.0 Å². The van der Waals surface area contributed by atoms with Crippen LogP contribution in [0.25, 0.3) is 0 Å². The molecule has 0 aromatic heterocycles. The van der Waals surface area contributed by atoms with Gasteiger partial charge in [0.2, 0.25) is 11.8 Å². The largest absolute Gasteiger partial charge is 0.357 e. The van der Waals surface area contributed by atoms with Crippen LogP contribution in [0.5, 0.6) is 0 Å². The number of carbonyl (C=O) groups excluding carboxylic acids is 2. The highest BCUT2D eigenvalue weighted by molar-refractivity contribution is 7.92. The van der Waals surface area contributed by atoms with Crippen LogP contribution in [0.4, 0.5) is 5.69 Å². The van der Waals surface area contributed by atoms with Crippen molar-refractivity contribution in [3.63, 3.8) is 0 Å². The van der Waals surface area contributed by atoms with Crippen molar-refractivity contribution in [1.82, 2.24) is 10.2 Å². The Morgan fingerprint density at radius 1 is 0.947 bits per heavy atom. The maximum atomic E-state index is 14.0. The molecule has 0 aliphatic rings. The summed E-state index contributed by atoms with van der Waals surface area (Å²) in [4.78, 5) is 28.3. The number of halogens is 1. The first-order chi connectivity index (χ1) is 18.0. The maximum absolute atomic E-state index is 14.0. The number of aryl methyl sites for hydroxylation is 3. The zero-order valence-electron chi connectivity index (χ0n) is 22.4. The highest BCUT2D eigenvalue weighted by atomic mass is 35.5. The van der Waals surface area contributed by atoms with Gasteiger partial charge in [0.05, 0.1) is 10.6 Å². The third kappa shape index (κ3) is 6.55. The molecule has 1 atom stereocenters. The molecular formula is C29H34ClN3O4S. The van der Waals surface area contributed by atoms with Crippen LogP contribution in [0.15, 0.2) is 71.6 Å². The van der Waals surface area contributed by atoms with E-state index in [9.17, 15) is 18.0 Å². The SMILES string of the molecule is CC[C@H](C(=O)NC)N(Cc1ccccc1C)C(=O)CN(c1ccc(Cl)cc1C)S(=O)(=O)c1ccc(C)cc1. The number of nitrogens with one attached hydrogen (secondary N) is 1. The van der Waals surface area contributed by atoms with Gasteiger partial charge in [-0.15, -0.1) is 0 Å². The highest BCUT2D eigenvalue weighted by Gasteiger charge is 2.34. The van der Waals surface area contributed by atoms with Crippen molar-refractivity contribution in [1.29, 1.82) is 0 Å². The van der Waals surface area contributed by atoms with Crippen LogP contribution < -0.4 is 9.62 Å². The number of likely N-dealkylation sites (N-methyl/N-ethyl adjacent to an activating group) is 1. The third-order valence-electron chi connectivity index (χ3n) is 6.55. The molecule has 0 bridgehead atoms. The Bertz CT molecular complexity index is 1410. The predicted octanol–water partition coefficient (Wildman–Crippen LogP) is 5.01. The Kier molecular flexibility index (Phi) is 9.57. The van der Waals surface area contributed by atoms with E-state index in [-0.39, 0.29) is 17.3 Å².